The van der Waals surface area contributed by atoms with E-state index in [-0.39, 0.29) is 22.3 Å². The van der Waals surface area contributed by atoms with Crippen LogP contribution in [-0.2, 0) is 14.8 Å². The van der Waals surface area contributed by atoms with Crippen molar-refractivity contribution in [3.05, 3.63) is 59.9 Å². The molecule has 0 bridgehead atoms. The van der Waals surface area contributed by atoms with Gasteiger partial charge in [-0.3, -0.25) is 20.4 Å². The first-order chi connectivity index (χ1) is 14.0. The van der Waals surface area contributed by atoms with Crippen LogP contribution in [0.2, 0.25) is 0 Å². The summed E-state index contributed by atoms with van der Waals surface area (Å²) in [5.41, 5.74) is 4.49. The minimum atomic E-state index is -3.76. The summed E-state index contributed by atoms with van der Waals surface area (Å²) in [6.45, 7) is 4.93. The van der Waals surface area contributed by atoms with Crippen LogP contribution in [0.4, 0.5) is 4.39 Å². The molecule has 0 aliphatic rings. The molecule has 0 radical (unpaired) electrons. The van der Waals surface area contributed by atoms with Crippen LogP contribution in [0.1, 0.15) is 31.1 Å². The monoisotopic (exact) mass is 437 g/mol. The van der Waals surface area contributed by atoms with Gasteiger partial charge in [0.1, 0.15) is 11.6 Å². The second kappa shape index (κ2) is 9.68. The predicted molar refractivity (Wildman–Crippen MR) is 109 cm³/mol. The number of sulfonamides is 1. The zero-order chi connectivity index (χ0) is 22.5. The Morgan fingerprint density at radius 2 is 1.67 bits per heavy atom. The molecule has 2 amide bonds. The molecule has 1 atom stereocenters. The van der Waals surface area contributed by atoms with Gasteiger partial charge in [0.2, 0.25) is 10.0 Å². The van der Waals surface area contributed by atoms with E-state index in [0.29, 0.717) is 0 Å². The van der Waals surface area contributed by atoms with Crippen LogP contribution in [-0.4, -0.2) is 43.7 Å². The Morgan fingerprint density at radius 3 is 2.27 bits per heavy atom. The fourth-order valence-electron chi connectivity index (χ4n) is 2.30. The molecule has 8 nitrogen and oxygen atoms in total. The molecule has 0 saturated carbocycles. The Morgan fingerprint density at radius 1 is 1.03 bits per heavy atom. The summed E-state index contributed by atoms with van der Waals surface area (Å²) in [6, 6.07) is 10.4. The molecule has 0 aliphatic carbocycles. The number of halogens is 1. The summed E-state index contributed by atoms with van der Waals surface area (Å²) in [6.07, 6.45) is -0.970. The third-order valence-corrected chi connectivity index (χ3v) is 6.32. The van der Waals surface area contributed by atoms with Crippen LogP contribution in [0, 0.1) is 5.82 Å². The first-order valence-corrected chi connectivity index (χ1v) is 10.6. The third kappa shape index (κ3) is 5.77. The van der Waals surface area contributed by atoms with E-state index in [9.17, 15) is 22.4 Å². The molecule has 2 rings (SSSR count). The maximum absolute atomic E-state index is 12.9. The molecule has 162 valence electrons. The molecule has 0 saturated heterocycles. The zero-order valence-corrected chi connectivity index (χ0v) is 17.9. The lowest BCUT2D eigenvalue weighted by Crippen LogP contribution is -2.47. The highest BCUT2D eigenvalue weighted by molar-refractivity contribution is 7.89. The number of rotatable bonds is 7. The van der Waals surface area contributed by atoms with Crippen LogP contribution < -0.4 is 15.6 Å². The average Bonchev–Trinajstić information content (AvgIpc) is 2.72. The summed E-state index contributed by atoms with van der Waals surface area (Å²) in [4.78, 5) is 24.4. The van der Waals surface area contributed by atoms with Crippen LogP contribution in [0.3, 0.4) is 0 Å². The first kappa shape index (κ1) is 23.3. The van der Waals surface area contributed by atoms with Crippen molar-refractivity contribution in [2.75, 3.05) is 7.05 Å². The quantitative estimate of drug-likeness (QED) is 0.646. The summed E-state index contributed by atoms with van der Waals surface area (Å²) in [5, 5.41) is 0. The van der Waals surface area contributed by atoms with Gasteiger partial charge in [0.25, 0.3) is 11.8 Å². The van der Waals surface area contributed by atoms with Gasteiger partial charge in [0.05, 0.1) is 4.90 Å². The van der Waals surface area contributed by atoms with Gasteiger partial charge >= 0.3 is 0 Å². The van der Waals surface area contributed by atoms with E-state index < -0.39 is 33.8 Å². The van der Waals surface area contributed by atoms with Crippen molar-refractivity contribution in [3.63, 3.8) is 0 Å². The molecule has 0 fully saturated rings. The molecule has 2 aromatic rings. The number of amides is 2. The van der Waals surface area contributed by atoms with Gasteiger partial charge in [0.15, 0.2) is 6.10 Å². The number of carbonyl (C=O) groups is 2. The number of benzene rings is 2. The fourth-order valence-corrected chi connectivity index (χ4v) is 3.72. The number of hydrazine groups is 1. The second-order valence-corrected chi connectivity index (χ2v) is 8.80. The number of hydrogen-bond donors (Lipinski definition) is 2. The smallest absolute Gasteiger partial charge is 0.279 e. The standard InChI is InChI=1S/C20H24FN3O5S/c1-13(2)24(4)30(27,28)18-7-5-6-15(12-18)20(26)23-22-19(25)14(3)29-17-10-8-16(21)9-11-17/h5-14H,1-4H3,(H,22,25)(H,23,26). The number of ether oxygens (including phenoxy) is 1. The molecule has 0 spiro atoms. The largest absolute Gasteiger partial charge is 0.481 e. The van der Waals surface area contributed by atoms with Gasteiger partial charge in [-0.25, -0.2) is 12.8 Å². The molecule has 30 heavy (non-hydrogen) atoms. The van der Waals surface area contributed by atoms with E-state index in [1.54, 1.807) is 13.8 Å². The van der Waals surface area contributed by atoms with E-state index in [4.69, 9.17) is 4.74 Å². The highest BCUT2D eigenvalue weighted by atomic mass is 32.2. The number of nitrogens with one attached hydrogen (secondary N) is 2. The van der Waals surface area contributed by atoms with Gasteiger partial charge < -0.3 is 4.74 Å². The molecule has 0 aromatic heterocycles. The highest BCUT2D eigenvalue weighted by Crippen LogP contribution is 2.18. The Hall–Kier alpha value is -2.98. The molecule has 0 heterocycles. The van der Waals surface area contributed by atoms with Crippen molar-refractivity contribution in [2.45, 2.75) is 37.8 Å². The zero-order valence-electron chi connectivity index (χ0n) is 17.0. The Kier molecular flexibility index (Phi) is 7.52. The minimum absolute atomic E-state index is 0.0364. The van der Waals surface area contributed by atoms with Gasteiger partial charge in [-0.15, -0.1) is 0 Å². The number of carbonyl (C=O) groups excluding carboxylic acids is 2. The average molecular weight is 437 g/mol. The molecular weight excluding hydrogens is 413 g/mol. The van der Waals surface area contributed by atoms with Crippen molar-refractivity contribution in [3.8, 4) is 5.75 Å². The molecule has 2 aromatic carbocycles. The summed E-state index contributed by atoms with van der Waals surface area (Å²) in [7, 11) is -2.30. The lowest BCUT2D eigenvalue weighted by Gasteiger charge is -2.21. The maximum Gasteiger partial charge on any atom is 0.279 e. The van der Waals surface area contributed by atoms with E-state index >= 15 is 0 Å². The van der Waals surface area contributed by atoms with Crippen molar-refractivity contribution < 1.29 is 27.1 Å². The van der Waals surface area contributed by atoms with Crippen LogP contribution >= 0.6 is 0 Å². The van der Waals surface area contributed by atoms with E-state index in [1.807, 2.05) is 0 Å². The van der Waals surface area contributed by atoms with Gasteiger partial charge in [-0.05, 0) is 63.2 Å². The molecule has 1 unspecified atom stereocenters. The minimum Gasteiger partial charge on any atom is -0.481 e. The molecule has 10 heteroatoms. The normalized spacial score (nSPS) is 12.5. The summed E-state index contributed by atoms with van der Waals surface area (Å²) >= 11 is 0. The SMILES string of the molecule is CC(Oc1ccc(F)cc1)C(=O)NNC(=O)c1cccc(S(=O)(=O)N(C)C(C)C)c1. The van der Waals surface area contributed by atoms with Crippen molar-refractivity contribution in [1.29, 1.82) is 0 Å². The third-order valence-electron chi connectivity index (χ3n) is 4.30. The van der Waals surface area contributed by atoms with Crippen molar-refractivity contribution in [1.82, 2.24) is 15.2 Å². The summed E-state index contributed by atoms with van der Waals surface area (Å²) < 4.78 is 44.6. The Balaban J connectivity index is 2.01. The topological polar surface area (TPSA) is 105 Å². The van der Waals surface area contributed by atoms with Gasteiger partial charge in [0, 0.05) is 18.7 Å². The van der Waals surface area contributed by atoms with Crippen molar-refractivity contribution >= 4 is 21.8 Å². The first-order valence-electron chi connectivity index (χ1n) is 9.13. The second-order valence-electron chi connectivity index (χ2n) is 6.80. The van der Waals surface area contributed by atoms with Crippen LogP contribution in [0.5, 0.6) is 5.75 Å². The Bertz CT molecular complexity index is 1010. The predicted octanol–water partition coefficient (Wildman–Crippen LogP) is 2.08. The summed E-state index contributed by atoms with van der Waals surface area (Å²) in [5.74, 6) is -1.48. The molecular formula is C20H24FN3O5S. The van der Waals surface area contributed by atoms with E-state index in [2.05, 4.69) is 10.9 Å². The lowest BCUT2D eigenvalue weighted by atomic mass is 10.2. The van der Waals surface area contributed by atoms with Crippen LogP contribution in [0.15, 0.2) is 53.4 Å². The number of hydrogen-bond acceptors (Lipinski definition) is 5. The van der Waals surface area contributed by atoms with E-state index in [1.165, 1.54) is 66.8 Å². The van der Waals surface area contributed by atoms with Crippen LogP contribution in [0.25, 0.3) is 0 Å². The van der Waals surface area contributed by atoms with Gasteiger partial charge in [-0.2, -0.15) is 4.31 Å². The fraction of sp³-hybridized carbons (Fsp3) is 0.300. The number of nitrogens with zero attached hydrogens (tertiary/aromatic N) is 1. The van der Waals surface area contributed by atoms with Crippen molar-refractivity contribution in [2.24, 2.45) is 0 Å². The van der Waals surface area contributed by atoms with E-state index in [0.717, 1.165) is 0 Å². The lowest BCUT2D eigenvalue weighted by molar-refractivity contribution is -0.128. The molecule has 0 aliphatic heterocycles. The molecule has 2 N–H and O–H groups in total. The van der Waals surface area contributed by atoms with Gasteiger partial charge in [-0.1, -0.05) is 6.07 Å². The highest BCUT2D eigenvalue weighted by Gasteiger charge is 2.24. The Labute approximate surface area is 175 Å². The maximum atomic E-state index is 12.9.